The zero-order chi connectivity index (χ0) is 10.3. The summed E-state index contributed by atoms with van der Waals surface area (Å²) in [4.78, 5) is 13.0. The van der Waals surface area contributed by atoms with Gasteiger partial charge in [-0.15, -0.1) is 0 Å². The standard InChI is InChI=1S/C6H14N.CHO.CH3S.CH3.Sn/c1-3-4-5-6(2)7;2*1-2;;/h6H,1,3-5,7H2,2H3;1H;2H,1H2;1H3;. The molecule has 78 valence electrons. The third kappa shape index (κ3) is 6.80. The first-order valence-corrected chi connectivity index (χ1v) is 14.0. The van der Waals surface area contributed by atoms with Crippen LogP contribution in [0.1, 0.15) is 26.2 Å². The molecule has 0 fully saturated rings. The molecule has 0 radical (unpaired) electrons. The third-order valence-corrected chi connectivity index (χ3v) is 15.1. The van der Waals surface area contributed by atoms with Gasteiger partial charge >= 0.3 is 91.2 Å². The quantitative estimate of drug-likeness (QED) is 0.326. The number of nitrogens with two attached hydrogens (primary N) is 1. The molecule has 0 aromatic carbocycles. The molecular formula is C9H21NOSSn. The molecule has 0 bridgehead atoms. The van der Waals surface area contributed by atoms with Crippen molar-refractivity contribution in [1.29, 1.82) is 0 Å². The fraction of sp³-hybridized carbons (Fsp3) is 0.889. The molecule has 2 atom stereocenters. The van der Waals surface area contributed by atoms with Crippen molar-refractivity contribution < 1.29 is 4.79 Å². The van der Waals surface area contributed by atoms with Gasteiger partial charge in [0.1, 0.15) is 0 Å². The molecule has 0 aliphatic heterocycles. The van der Waals surface area contributed by atoms with E-state index in [2.05, 4.69) is 17.6 Å². The topological polar surface area (TPSA) is 43.1 Å². The first-order valence-electron chi connectivity index (χ1n) is 4.87. The predicted molar refractivity (Wildman–Crippen MR) is 64.5 cm³/mol. The van der Waals surface area contributed by atoms with Crippen molar-refractivity contribution in [3.63, 3.8) is 0 Å². The van der Waals surface area contributed by atoms with Crippen LogP contribution in [0.25, 0.3) is 0 Å². The molecule has 0 aliphatic carbocycles. The molecule has 0 aliphatic rings. The number of rotatable bonds is 7. The normalized spacial score (nSPS) is 17.8. The van der Waals surface area contributed by atoms with Crippen molar-refractivity contribution >= 4 is 35.3 Å². The van der Waals surface area contributed by atoms with Gasteiger partial charge in [-0.2, -0.15) is 0 Å². The van der Waals surface area contributed by atoms with Crippen LogP contribution in [0.2, 0.25) is 9.38 Å². The summed E-state index contributed by atoms with van der Waals surface area (Å²) in [6.45, 7) is 2.03. The van der Waals surface area contributed by atoms with Crippen LogP contribution >= 0.6 is 12.6 Å². The molecule has 2 N–H and O–H groups in total. The van der Waals surface area contributed by atoms with E-state index in [0.717, 1.165) is 27.5 Å². The van der Waals surface area contributed by atoms with Crippen molar-refractivity contribution in [2.75, 3.05) is 3.77 Å². The van der Waals surface area contributed by atoms with E-state index in [1.54, 1.807) is 0 Å². The van der Waals surface area contributed by atoms with Crippen molar-refractivity contribution in [2.45, 2.75) is 41.6 Å². The van der Waals surface area contributed by atoms with Crippen LogP contribution < -0.4 is 5.73 Å². The maximum atomic E-state index is 10.8. The molecule has 0 amide bonds. The van der Waals surface area contributed by atoms with E-state index < -0.39 is 18.4 Å². The van der Waals surface area contributed by atoms with Gasteiger partial charge in [-0.25, -0.2) is 0 Å². The third-order valence-electron chi connectivity index (χ3n) is 2.30. The van der Waals surface area contributed by atoms with Crippen molar-refractivity contribution in [1.82, 2.24) is 0 Å². The van der Waals surface area contributed by atoms with Crippen LogP contribution in [0.5, 0.6) is 0 Å². The second-order valence-electron chi connectivity index (χ2n) is 4.15. The van der Waals surface area contributed by atoms with E-state index in [0.29, 0.717) is 6.04 Å². The number of thiol groups is 1. The van der Waals surface area contributed by atoms with Gasteiger partial charge in [0.15, 0.2) is 0 Å². The van der Waals surface area contributed by atoms with Crippen LogP contribution in [0.4, 0.5) is 0 Å². The molecule has 0 saturated carbocycles. The SMILES string of the molecule is CC(N)CCC[CH2][Sn]([CH3])([CH]=O)[CH2]S. The number of carbonyl (C=O) groups excluding carboxylic acids is 1. The minimum absolute atomic E-state index is 0.300. The summed E-state index contributed by atoms with van der Waals surface area (Å²) in [6, 6.07) is 0.300. The van der Waals surface area contributed by atoms with Gasteiger partial charge in [-0.1, -0.05) is 0 Å². The summed E-state index contributed by atoms with van der Waals surface area (Å²) in [5.41, 5.74) is 5.64. The molecule has 0 spiro atoms. The average Bonchev–Trinajstić information content (AvgIpc) is 2.12. The Kier molecular flexibility index (Phi) is 7.55. The van der Waals surface area contributed by atoms with Crippen molar-refractivity contribution in [3.8, 4) is 0 Å². The predicted octanol–water partition coefficient (Wildman–Crippen LogP) is 1.82. The fourth-order valence-corrected chi connectivity index (χ4v) is 6.75. The van der Waals surface area contributed by atoms with E-state index in [-0.39, 0.29) is 0 Å². The van der Waals surface area contributed by atoms with Crippen LogP contribution in [-0.2, 0) is 4.79 Å². The summed E-state index contributed by atoms with van der Waals surface area (Å²) in [6.07, 6.45) is 3.40. The number of hydrogen-bond donors (Lipinski definition) is 2. The average molecular weight is 310 g/mol. The minimum atomic E-state index is -2.34. The zero-order valence-corrected chi connectivity index (χ0v) is 12.4. The Labute approximate surface area is 90.9 Å². The Hall–Kier alpha value is 0.779. The second-order valence-corrected chi connectivity index (χ2v) is 18.7. The number of carbonyl (C=O) groups is 1. The van der Waals surface area contributed by atoms with Crippen LogP contribution in [-0.4, -0.2) is 32.5 Å². The monoisotopic (exact) mass is 311 g/mol. The first-order chi connectivity index (χ1) is 6.04. The van der Waals surface area contributed by atoms with Crippen molar-refractivity contribution in [3.05, 3.63) is 0 Å². The van der Waals surface area contributed by atoms with E-state index in [1.165, 1.54) is 4.30 Å². The van der Waals surface area contributed by atoms with E-state index in [9.17, 15) is 4.79 Å². The van der Waals surface area contributed by atoms with Crippen LogP contribution in [0.3, 0.4) is 0 Å². The van der Waals surface area contributed by atoms with Gasteiger partial charge in [0, 0.05) is 0 Å². The number of hydrogen-bond acceptors (Lipinski definition) is 3. The van der Waals surface area contributed by atoms with Gasteiger partial charge in [0.2, 0.25) is 0 Å². The van der Waals surface area contributed by atoms with Gasteiger partial charge in [0.05, 0.1) is 0 Å². The van der Waals surface area contributed by atoms with Gasteiger partial charge < -0.3 is 0 Å². The molecule has 2 unspecified atom stereocenters. The molecule has 0 saturated heterocycles. The van der Waals surface area contributed by atoms with Crippen LogP contribution in [0, 0.1) is 0 Å². The molecule has 2 nitrogen and oxygen atoms in total. The Morgan fingerprint density at radius 3 is 2.54 bits per heavy atom. The Bertz CT molecular complexity index is 155. The maximum absolute atomic E-state index is 10.8. The summed E-state index contributed by atoms with van der Waals surface area (Å²) in [7, 11) is 0. The van der Waals surface area contributed by atoms with Gasteiger partial charge in [-0.05, 0) is 0 Å². The fourth-order valence-electron chi connectivity index (χ4n) is 1.17. The molecule has 4 heteroatoms. The Morgan fingerprint density at radius 2 is 2.15 bits per heavy atom. The molecule has 0 aromatic rings. The van der Waals surface area contributed by atoms with E-state index in [4.69, 9.17) is 5.73 Å². The first kappa shape index (κ1) is 13.8. The van der Waals surface area contributed by atoms with Gasteiger partial charge in [-0.3, -0.25) is 0 Å². The molecular weight excluding hydrogens is 289 g/mol. The number of unbranched alkanes of at least 4 members (excludes halogenated alkanes) is 1. The zero-order valence-electron chi connectivity index (χ0n) is 8.62. The summed E-state index contributed by atoms with van der Waals surface area (Å²) >= 11 is 1.92. The second kappa shape index (κ2) is 7.12. The molecule has 0 rings (SSSR count). The Morgan fingerprint density at radius 1 is 1.54 bits per heavy atom. The van der Waals surface area contributed by atoms with Gasteiger partial charge in [0.25, 0.3) is 0 Å². The molecule has 13 heavy (non-hydrogen) atoms. The molecule has 0 heterocycles. The Balaban J connectivity index is 3.56. The van der Waals surface area contributed by atoms with Crippen LogP contribution in [0.15, 0.2) is 0 Å². The summed E-state index contributed by atoms with van der Waals surface area (Å²) in [5.74, 6) is 0. The van der Waals surface area contributed by atoms with E-state index >= 15 is 0 Å². The van der Waals surface area contributed by atoms with Crippen molar-refractivity contribution in [2.24, 2.45) is 5.73 Å². The van der Waals surface area contributed by atoms with E-state index in [1.807, 2.05) is 6.92 Å². The summed E-state index contributed by atoms with van der Waals surface area (Å²) in [5, 5.41) is 0. The molecule has 0 aromatic heterocycles. The summed E-state index contributed by atoms with van der Waals surface area (Å²) < 4.78 is 3.21.